The Bertz CT molecular complexity index is 839. The van der Waals surface area contributed by atoms with E-state index in [0.29, 0.717) is 30.0 Å². The van der Waals surface area contributed by atoms with Crippen molar-refractivity contribution in [2.75, 3.05) is 26.8 Å². The lowest BCUT2D eigenvalue weighted by molar-refractivity contribution is -0.155. The zero-order valence-corrected chi connectivity index (χ0v) is 15.8. The SMILES string of the molecule is COCC1(C(=O)O)CCCN(C(=O)c2cc(-c3ccccn3)ccc2Cl)C1. The molecule has 6 nitrogen and oxygen atoms in total. The van der Waals surface area contributed by atoms with Crippen LogP contribution in [0.25, 0.3) is 11.3 Å². The quantitative estimate of drug-likeness (QED) is 0.849. The van der Waals surface area contributed by atoms with Gasteiger partial charge in [-0.15, -0.1) is 0 Å². The average molecular weight is 389 g/mol. The fourth-order valence-corrected chi connectivity index (χ4v) is 3.69. The normalized spacial score (nSPS) is 19.7. The minimum absolute atomic E-state index is 0.0633. The summed E-state index contributed by atoms with van der Waals surface area (Å²) in [6, 6.07) is 10.7. The van der Waals surface area contributed by atoms with Gasteiger partial charge in [0.25, 0.3) is 5.91 Å². The third kappa shape index (κ3) is 3.96. The lowest BCUT2D eigenvalue weighted by Crippen LogP contribution is -2.52. The Morgan fingerprint density at radius 2 is 2.15 bits per heavy atom. The summed E-state index contributed by atoms with van der Waals surface area (Å²) >= 11 is 6.28. The van der Waals surface area contributed by atoms with E-state index in [1.807, 2.05) is 24.3 Å². The van der Waals surface area contributed by atoms with Crippen LogP contribution in [0, 0.1) is 5.41 Å². The number of benzene rings is 1. The molecule has 7 heteroatoms. The molecule has 1 aromatic carbocycles. The van der Waals surface area contributed by atoms with Gasteiger partial charge in [0, 0.05) is 32.0 Å². The van der Waals surface area contributed by atoms with E-state index in [-0.39, 0.29) is 19.1 Å². The zero-order chi connectivity index (χ0) is 19.4. The largest absolute Gasteiger partial charge is 0.481 e. The van der Waals surface area contributed by atoms with Crippen LogP contribution in [0.1, 0.15) is 23.2 Å². The van der Waals surface area contributed by atoms with Crippen molar-refractivity contribution in [3.05, 3.63) is 53.2 Å². The number of aliphatic carboxylic acids is 1. The van der Waals surface area contributed by atoms with Gasteiger partial charge in [-0.25, -0.2) is 0 Å². The predicted molar refractivity (Wildman–Crippen MR) is 102 cm³/mol. The second-order valence-electron chi connectivity index (χ2n) is 6.76. The van der Waals surface area contributed by atoms with Crippen LogP contribution in [0.3, 0.4) is 0 Å². The lowest BCUT2D eigenvalue weighted by Gasteiger charge is -2.39. The zero-order valence-electron chi connectivity index (χ0n) is 15.0. The van der Waals surface area contributed by atoms with E-state index in [0.717, 1.165) is 11.3 Å². The number of halogens is 1. The number of methoxy groups -OCH3 is 1. The van der Waals surface area contributed by atoms with Crippen molar-refractivity contribution in [1.82, 2.24) is 9.88 Å². The number of carboxylic acid groups (broad SMARTS) is 1. The fraction of sp³-hybridized carbons (Fsp3) is 0.350. The predicted octanol–water partition coefficient (Wildman–Crippen LogP) is 3.36. The summed E-state index contributed by atoms with van der Waals surface area (Å²) in [6.45, 7) is 0.648. The fourth-order valence-electron chi connectivity index (χ4n) is 3.49. The Balaban J connectivity index is 1.90. The van der Waals surface area contributed by atoms with Gasteiger partial charge in [0.05, 0.1) is 22.9 Å². The average Bonchev–Trinajstić information content (AvgIpc) is 2.69. The van der Waals surface area contributed by atoms with Gasteiger partial charge >= 0.3 is 5.97 Å². The number of hydrogen-bond acceptors (Lipinski definition) is 4. The van der Waals surface area contributed by atoms with Gasteiger partial charge in [0.1, 0.15) is 5.41 Å². The van der Waals surface area contributed by atoms with Gasteiger partial charge < -0.3 is 14.7 Å². The van der Waals surface area contributed by atoms with Crippen molar-refractivity contribution in [2.24, 2.45) is 5.41 Å². The molecule has 1 saturated heterocycles. The molecule has 0 spiro atoms. The number of ether oxygens (including phenoxy) is 1. The Labute approximate surface area is 162 Å². The molecule has 1 amide bonds. The molecule has 27 heavy (non-hydrogen) atoms. The smallest absolute Gasteiger partial charge is 0.313 e. The number of piperidine rings is 1. The van der Waals surface area contributed by atoms with Crippen LogP contribution in [0.4, 0.5) is 0 Å². The molecule has 1 unspecified atom stereocenters. The topological polar surface area (TPSA) is 79.7 Å². The molecule has 1 aliphatic rings. The molecular formula is C20H21ClN2O4. The molecule has 2 heterocycles. The minimum atomic E-state index is -1.09. The third-order valence-electron chi connectivity index (χ3n) is 4.90. The summed E-state index contributed by atoms with van der Waals surface area (Å²) in [5.74, 6) is -1.23. The van der Waals surface area contributed by atoms with Crippen LogP contribution in [0.15, 0.2) is 42.6 Å². The van der Waals surface area contributed by atoms with E-state index in [1.165, 1.54) is 7.11 Å². The molecule has 0 aliphatic carbocycles. The van der Waals surface area contributed by atoms with Crippen molar-refractivity contribution >= 4 is 23.5 Å². The molecular weight excluding hydrogens is 368 g/mol. The molecule has 1 atom stereocenters. The van der Waals surface area contributed by atoms with Crippen molar-refractivity contribution in [1.29, 1.82) is 0 Å². The highest BCUT2D eigenvalue weighted by Crippen LogP contribution is 2.33. The van der Waals surface area contributed by atoms with E-state index in [9.17, 15) is 14.7 Å². The minimum Gasteiger partial charge on any atom is -0.481 e. The van der Waals surface area contributed by atoms with Gasteiger partial charge in [-0.1, -0.05) is 23.7 Å². The van der Waals surface area contributed by atoms with Crippen LogP contribution in [0.5, 0.6) is 0 Å². The summed E-state index contributed by atoms with van der Waals surface area (Å²) in [7, 11) is 1.47. The molecule has 142 valence electrons. The third-order valence-corrected chi connectivity index (χ3v) is 5.23. The summed E-state index contributed by atoms with van der Waals surface area (Å²) < 4.78 is 5.13. The number of aromatic nitrogens is 1. The highest BCUT2D eigenvalue weighted by Gasteiger charge is 2.44. The van der Waals surface area contributed by atoms with Crippen molar-refractivity contribution in [2.45, 2.75) is 12.8 Å². The van der Waals surface area contributed by atoms with Crippen LogP contribution in [0.2, 0.25) is 5.02 Å². The molecule has 1 N–H and O–H groups in total. The Kier molecular flexibility index (Phi) is 5.77. The first-order valence-corrected chi connectivity index (χ1v) is 9.07. The summed E-state index contributed by atoms with van der Waals surface area (Å²) in [5.41, 5.74) is 0.773. The monoisotopic (exact) mass is 388 g/mol. The second-order valence-corrected chi connectivity index (χ2v) is 7.17. The number of amides is 1. The molecule has 0 radical (unpaired) electrons. The van der Waals surface area contributed by atoms with Gasteiger partial charge in [0.15, 0.2) is 0 Å². The maximum Gasteiger partial charge on any atom is 0.313 e. The van der Waals surface area contributed by atoms with E-state index in [4.69, 9.17) is 16.3 Å². The first-order chi connectivity index (χ1) is 13.0. The summed E-state index contributed by atoms with van der Waals surface area (Å²) in [4.78, 5) is 30.8. The second kappa shape index (κ2) is 8.06. The Morgan fingerprint density at radius 3 is 2.81 bits per heavy atom. The van der Waals surface area contributed by atoms with Gasteiger partial charge in [-0.3, -0.25) is 14.6 Å². The van der Waals surface area contributed by atoms with Crippen molar-refractivity contribution < 1.29 is 19.4 Å². The van der Waals surface area contributed by atoms with Crippen LogP contribution < -0.4 is 0 Å². The Morgan fingerprint density at radius 1 is 1.33 bits per heavy atom. The molecule has 1 aromatic heterocycles. The van der Waals surface area contributed by atoms with E-state index >= 15 is 0 Å². The van der Waals surface area contributed by atoms with Crippen LogP contribution in [-0.2, 0) is 9.53 Å². The van der Waals surface area contributed by atoms with E-state index < -0.39 is 11.4 Å². The Hall–Kier alpha value is -2.44. The van der Waals surface area contributed by atoms with E-state index in [2.05, 4.69) is 4.98 Å². The first kappa shape index (κ1) is 19.3. The molecule has 1 fully saturated rings. The highest BCUT2D eigenvalue weighted by molar-refractivity contribution is 6.34. The van der Waals surface area contributed by atoms with E-state index in [1.54, 1.807) is 23.2 Å². The molecule has 1 aliphatic heterocycles. The number of nitrogens with zero attached hydrogens (tertiary/aromatic N) is 2. The number of pyridine rings is 1. The first-order valence-electron chi connectivity index (χ1n) is 8.69. The van der Waals surface area contributed by atoms with Crippen LogP contribution >= 0.6 is 11.6 Å². The van der Waals surface area contributed by atoms with Crippen molar-refractivity contribution in [3.8, 4) is 11.3 Å². The maximum absolute atomic E-state index is 13.1. The van der Waals surface area contributed by atoms with Gasteiger partial charge in [0.2, 0.25) is 0 Å². The highest BCUT2D eigenvalue weighted by atomic mass is 35.5. The molecule has 3 rings (SSSR count). The number of likely N-dealkylation sites (tertiary alicyclic amines) is 1. The molecule has 2 aromatic rings. The summed E-state index contributed by atoms with van der Waals surface area (Å²) in [5, 5.41) is 10.0. The number of carbonyl (C=O) groups excluding carboxylic acids is 1. The van der Waals surface area contributed by atoms with Crippen LogP contribution in [-0.4, -0.2) is 53.7 Å². The summed E-state index contributed by atoms with van der Waals surface area (Å²) in [6.07, 6.45) is 2.75. The van der Waals surface area contributed by atoms with Gasteiger partial charge in [-0.2, -0.15) is 0 Å². The number of carbonyl (C=O) groups is 2. The number of carboxylic acids is 1. The maximum atomic E-state index is 13.1. The standard InChI is InChI=1S/C20H21ClN2O4/c1-27-13-20(19(25)26)8-4-10-23(12-20)18(24)15-11-14(6-7-16(15)21)17-5-2-3-9-22-17/h2-3,5-7,9,11H,4,8,10,12-13H2,1H3,(H,25,26). The van der Waals surface area contributed by atoms with Gasteiger partial charge in [-0.05, 0) is 37.1 Å². The number of rotatable bonds is 5. The van der Waals surface area contributed by atoms with Crippen molar-refractivity contribution in [3.63, 3.8) is 0 Å². The number of hydrogen-bond donors (Lipinski definition) is 1. The lowest BCUT2D eigenvalue weighted by atomic mass is 9.80. The molecule has 0 bridgehead atoms. The molecule has 0 saturated carbocycles.